The molecule has 0 atom stereocenters. The highest BCUT2D eigenvalue weighted by molar-refractivity contribution is 7.89. The number of halogens is 3. The average Bonchev–Trinajstić information content (AvgIpc) is 2.73. The second kappa shape index (κ2) is 8.37. The van der Waals surface area contributed by atoms with Gasteiger partial charge >= 0.3 is 0 Å². The summed E-state index contributed by atoms with van der Waals surface area (Å²) in [5.74, 6) is -2.84. The first-order valence-corrected chi connectivity index (χ1v) is 11.2. The van der Waals surface area contributed by atoms with Crippen molar-refractivity contribution >= 4 is 33.2 Å². The fourth-order valence-electron chi connectivity index (χ4n) is 3.48. The van der Waals surface area contributed by atoms with Gasteiger partial charge in [0.05, 0.1) is 4.90 Å². The molecule has 0 bridgehead atoms. The molecule has 3 aromatic rings. The Morgan fingerprint density at radius 2 is 1.65 bits per heavy atom. The van der Waals surface area contributed by atoms with E-state index in [1.807, 2.05) is 0 Å². The lowest BCUT2D eigenvalue weighted by Crippen LogP contribution is -2.36. The van der Waals surface area contributed by atoms with Gasteiger partial charge in [0, 0.05) is 23.8 Å². The molecule has 0 aromatic heterocycles. The van der Waals surface area contributed by atoms with Crippen molar-refractivity contribution in [3.8, 4) is 0 Å². The Hall–Kier alpha value is -2.81. The lowest BCUT2D eigenvalue weighted by molar-refractivity contribution is 0.101. The molecule has 1 aliphatic rings. The van der Waals surface area contributed by atoms with Crippen molar-refractivity contribution in [1.29, 1.82) is 0 Å². The highest BCUT2D eigenvalue weighted by Gasteiger charge is 2.28. The van der Waals surface area contributed by atoms with Crippen LogP contribution in [0.4, 0.5) is 14.5 Å². The van der Waals surface area contributed by atoms with Crippen molar-refractivity contribution in [1.82, 2.24) is 4.31 Å². The van der Waals surface area contributed by atoms with Crippen LogP contribution in [0.3, 0.4) is 0 Å². The van der Waals surface area contributed by atoms with Gasteiger partial charge < -0.3 is 5.32 Å². The maximum Gasteiger partial charge on any atom is 0.261 e. The van der Waals surface area contributed by atoms with E-state index in [0.29, 0.717) is 29.2 Å². The molecule has 0 unspecified atom stereocenters. The number of anilines is 1. The Labute approximate surface area is 183 Å². The number of benzene rings is 3. The molecule has 1 heterocycles. The van der Waals surface area contributed by atoms with Crippen molar-refractivity contribution in [2.45, 2.75) is 17.9 Å². The second-order valence-electron chi connectivity index (χ2n) is 7.08. The number of hydrogen-bond donors (Lipinski definition) is 1. The van der Waals surface area contributed by atoms with Crippen molar-refractivity contribution < 1.29 is 22.0 Å². The first-order valence-electron chi connectivity index (χ1n) is 9.38. The Bertz CT molecular complexity index is 1240. The average molecular weight is 463 g/mol. The molecular formula is C22H17ClF2N2O3S. The minimum Gasteiger partial charge on any atom is -0.322 e. The summed E-state index contributed by atoms with van der Waals surface area (Å²) in [5, 5.41) is 2.92. The summed E-state index contributed by atoms with van der Waals surface area (Å²) in [6.45, 7) is 0.419. The zero-order valence-electron chi connectivity index (χ0n) is 16.1. The number of nitrogens with one attached hydrogen (secondary N) is 1. The van der Waals surface area contributed by atoms with Crippen molar-refractivity contribution in [3.05, 3.63) is 94.0 Å². The monoisotopic (exact) mass is 462 g/mol. The van der Waals surface area contributed by atoms with E-state index in [4.69, 9.17) is 11.6 Å². The van der Waals surface area contributed by atoms with Crippen LogP contribution >= 0.6 is 11.6 Å². The number of carbonyl (C=O) groups excluding carboxylic acids is 1. The standard InChI is InChI=1S/C22H17ClF2N2O3S/c23-16-5-8-18(9-6-16)31(29,30)27-11-10-14-4-7-17(12-15(14)13-27)26-22(28)21-19(24)2-1-3-20(21)25/h1-9,12H,10-11,13H2,(H,26,28). The maximum atomic E-state index is 13.9. The summed E-state index contributed by atoms with van der Waals surface area (Å²) < 4.78 is 55.0. The molecule has 0 saturated heterocycles. The molecule has 3 aromatic carbocycles. The van der Waals surface area contributed by atoms with Crippen LogP contribution in [0.25, 0.3) is 0 Å². The molecule has 160 valence electrons. The van der Waals surface area contributed by atoms with Crippen LogP contribution in [0.1, 0.15) is 21.5 Å². The number of nitrogens with zero attached hydrogens (tertiary/aromatic N) is 1. The molecule has 5 nitrogen and oxygen atoms in total. The third-order valence-electron chi connectivity index (χ3n) is 5.08. The minimum atomic E-state index is -3.72. The lowest BCUT2D eigenvalue weighted by atomic mass is 10.0. The number of rotatable bonds is 4. The fraction of sp³-hybridized carbons (Fsp3) is 0.136. The van der Waals surface area contributed by atoms with E-state index in [1.165, 1.54) is 34.6 Å². The number of hydrogen-bond acceptors (Lipinski definition) is 3. The topological polar surface area (TPSA) is 66.5 Å². The molecule has 1 aliphatic heterocycles. The minimum absolute atomic E-state index is 0.109. The van der Waals surface area contributed by atoms with Crippen molar-refractivity contribution in [3.63, 3.8) is 0 Å². The van der Waals surface area contributed by atoms with Crippen LogP contribution in [-0.4, -0.2) is 25.2 Å². The fourth-order valence-corrected chi connectivity index (χ4v) is 5.02. The van der Waals surface area contributed by atoms with Gasteiger partial charge in [0.2, 0.25) is 10.0 Å². The van der Waals surface area contributed by atoms with Crippen molar-refractivity contribution in [2.75, 3.05) is 11.9 Å². The SMILES string of the molecule is O=C(Nc1ccc2c(c1)CN(S(=O)(=O)c1ccc(Cl)cc1)CC2)c1c(F)cccc1F. The third kappa shape index (κ3) is 4.32. The van der Waals surface area contributed by atoms with Gasteiger partial charge in [-0.2, -0.15) is 4.31 Å². The van der Waals surface area contributed by atoms with Crippen LogP contribution in [-0.2, 0) is 23.0 Å². The van der Waals surface area contributed by atoms with Crippen LogP contribution in [0.5, 0.6) is 0 Å². The molecular weight excluding hydrogens is 446 g/mol. The third-order valence-corrected chi connectivity index (χ3v) is 7.19. The smallest absolute Gasteiger partial charge is 0.261 e. The molecule has 4 rings (SSSR count). The van der Waals surface area contributed by atoms with E-state index in [-0.39, 0.29) is 11.4 Å². The van der Waals surface area contributed by atoms with Gasteiger partial charge in [-0.25, -0.2) is 17.2 Å². The molecule has 0 fully saturated rings. The quantitative estimate of drug-likeness (QED) is 0.615. The highest BCUT2D eigenvalue weighted by Crippen LogP contribution is 2.28. The first kappa shape index (κ1) is 21.4. The van der Waals surface area contributed by atoms with Gasteiger partial charge in [-0.05, 0) is 66.1 Å². The predicted molar refractivity (Wildman–Crippen MR) is 114 cm³/mol. The van der Waals surface area contributed by atoms with Gasteiger partial charge in [-0.15, -0.1) is 0 Å². The second-order valence-corrected chi connectivity index (χ2v) is 9.45. The summed E-state index contributed by atoms with van der Waals surface area (Å²) in [6.07, 6.45) is 0.498. The van der Waals surface area contributed by atoms with Gasteiger partial charge in [-0.1, -0.05) is 23.7 Å². The van der Waals surface area contributed by atoms with Crippen LogP contribution in [0, 0.1) is 11.6 Å². The Morgan fingerprint density at radius 3 is 2.32 bits per heavy atom. The van der Waals surface area contributed by atoms with Gasteiger partial charge in [0.1, 0.15) is 17.2 Å². The molecule has 9 heteroatoms. The summed E-state index contributed by atoms with van der Waals surface area (Å²) in [4.78, 5) is 12.5. The van der Waals surface area contributed by atoms with E-state index < -0.39 is 33.1 Å². The largest absolute Gasteiger partial charge is 0.322 e. The predicted octanol–water partition coefficient (Wildman–Crippen LogP) is 4.62. The summed E-state index contributed by atoms with van der Waals surface area (Å²) in [7, 11) is -3.72. The molecule has 31 heavy (non-hydrogen) atoms. The van der Waals surface area contributed by atoms with Crippen LogP contribution < -0.4 is 5.32 Å². The van der Waals surface area contributed by atoms with Crippen LogP contribution in [0.2, 0.25) is 5.02 Å². The lowest BCUT2D eigenvalue weighted by Gasteiger charge is -2.28. The molecule has 1 N–H and O–H groups in total. The summed E-state index contributed by atoms with van der Waals surface area (Å²) >= 11 is 5.85. The van der Waals surface area contributed by atoms with E-state index in [9.17, 15) is 22.0 Å². The molecule has 0 aliphatic carbocycles. The van der Waals surface area contributed by atoms with E-state index in [1.54, 1.807) is 18.2 Å². The van der Waals surface area contributed by atoms with Gasteiger partial charge in [0.15, 0.2) is 0 Å². The van der Waals surface area contributed by atoms with Crippen molar-refractivity contribution in [2.24, 2.45) is 0 Å². The van der Waals surface area contributed by atoms with E-state index in [2.05, 4.69) is 5.32 Å². The zero-order valence-corrected chi connectivity index (χ0v) is 17.7. The zero-order chi connectivity index (χ0) is 22.2. The number of amides is 1. The Balaban J connectivity index is 1.57. The van der Waals surface area contributed by atoms with Crippen LogP contribution in [0.15, 0.2) is 65.6 Å². The molecule has 1 amide bonds. The van der Waals surface area contributed by atoms with Gasteiger partial charge in [-0.3, -0.25) is 4.79 Å². The molecule has 0 saturated carbocycles. The van der Waals surface area contributed by atoms with E-state index >= 15 is 0 Å². The van der Waals surface area contributed by atoms with Gasteiger partial charge in [0.25, 0.3) is 5.91 Å². The van der Waals surface area contributed by atoms with E-state index in [0.717, 1.165) is 17.7 Å². The molecule has 0 radical (unpaired) electrons. The maximum absolute atomic E-state index is 13.9. The molecule has 0 spiro atoms. The summed E-state index contributed by atoms with van der Waals surface area (Å²) in [6, 6.07) is 14.1. The Kier molecular flexibility index (Phi) is 5.79. The number of sulfonamides is 1. The first-order chi connectivity index (χ1) is 14.8. The highest BCUT2D eigenvalue weighted by atomic mass is 35.5. The Morgan fingerprint density at radius 1 is 0.968 bits per heavy atom. The normalized spacial score (nSPS) is 14.2. The summed E-state index contributed by atoms with van der Waals surface area (Å²) in [5.41, 5.74) is 1.29. The number of carbonyl (C=O) groups is 1. The number of fused-ring (bicyclic) bond motifs is 1.